The lowest BCUT2D eigenvalue weighted by Crippen LogP contribution is -2.45. The summed E-state index contributed by atoms with van der Waals surface area (Å²) in [5.41, 5.74) is 3.01. The van der Waals surface area contributed by atoms with Crippen LogP contribution in [0.15, 0.2) is 36.5 Å². The summed E-state index contributed by atoms with van der Waals surface area (Å²) in [7, 11) is 3.23. The van der Waals surface area contributed by atoms with Gasteiger partial charge in [0.05, 0.1) is 31.6 Å². The Kier molecular flexibility index (Phi) is 3.24. The number of aliphatic hydroxyl groups excluding tert-OH is 1. The highest BCUT2D eigenvalue weighted by Gasteiger charge is 2.33. The molecule has 26 heavy (non-hydrogen) atoms. The van der Waals surface area contributed by atoms with E-state index in [4.69, 9.17) is 18.9 Å². The van der Waals surface area contributed by atoms with E-state index in [9.17, 15) is 5.11 Å². The van der Waals surface area contributed by atoms with Crippen LogP contribution in [0.1, 0.15) is 11.8 Å². The second-order valence-corrected chi connectivity index (χ2v) is 6.42. The van der Waals surface area contributed by atoms with Gasteiger partial charge in [0.25, 0.3) is 6.23 Å². The molecule has 3 aromatic rings. The van der Waals surface area contributed by atoms with Crippen LogP contribution in [0.3, 0.4) is 0 Å². The molecule has 132 valence electrons. The molecule has 0 amide bonds. The number of aliphatic hydroxyl groups is 1. The molecule has 6 nitrogen and oxygen atoms in total. The molecule has 1 unspecified atom stereocenters. The zero-order valence-corrected chi connectivity index (χ0v) is 14.5. The molecule has 2 aliphatic heterocycles. The van der Waals surface area contributed by atoms with Gasteiger partial charge >= 0.3 is 0 Å². The first-order valence-electron chi connectivity index (χ1n) is 8.40. The van der Waals surface area contributed by atoms with E-state index in [1.807, 2.05) is 35.0 Å². The fourth-order valence-corrected chi connectivity index (χ4v) is 3.81. The quantitative estimate of drug-likeness (QED) is 0.719. The number of methoxy groups -OCH3 is 2. The number of aromatic nitrogens is 1. The lowest BCUT2D eigenvalue weighted by Gasteiger charge is -2.20. The zero-order valence-electron chi connectivity index (χ0n) is 14.5. The van der Waals surface area contributed by atoms with Crippen molar-refractivity contribution >= 4 is 10.8 Å². The number of benzene rings is 2. The van der Waals surface area contributed by atoms with Crippen LogP contribution >= 0.6 is 0 Å². The molecule has 2 aliphatic rings. The Bertz CT molecular complexity index is 1050. The van der Waals surface area contributed by atoms with Gasteiger partial charge in [0, 0.05) is 6.07 Å². The Hall–Kier alpha value is -2.99. The van der Waals surface area contributed by atoms with Gasteiger partial charge < -0.3 is 24.1 Å². The molecule has 0 spiro atoms. The highest BCUT2D eigenvalue weighted by molar-refractivity contribution is 5.91. The molecule has 0 aliphatic carbocycles. The van der Waals surface area contributed by atoms with Crippen LogP contribution in [0, 0.1) is 0 Å². The van der Waals surface area contributed by atoms with Crippen LogP contribution in [0.2, 0.25) is 0 Å². The van der Waals surface area contributed by atoms with E-state index in [-0.39, 0.29) is 6.79 Å². The molecule has 5 rings (SSSR count). The summed E-state index contributed by atoms with van der Waals surface area (Å²) in [5.74, 6) is 2.79. The first-order valence-corrected chi connectivity index (χ1v) is 8.40. The topological polar surface area (TPSA) is 61.0 Å². The molecule has 0 saturated heterocycles. The molecule has 3 heterocycles. The van der Waals surface area contributed by atoms with Crippen LogP contribution in [-0.2, 0) is 6.42 Å². The van der Waals surface area contributed by atoms with Gasteiger partial charge in [-0.1, -0.05) is 0 Å². The standard InChI is InChI=1S/C20H18NO5/c1-23-16-4-3-11-5-15-13-8-18-17(25-10-26-18)6-12(13)7-19(22)21(15)9-14(11)20(16)24-2/h3-6,8-9,19,22H,7,10H2,1-2H3/q+1. The lowest BCUT2D eigenvalue weighted by atomic mass is 9.94. The second kappa shape index (κ2) is 5.51. The predicted molar refractivity (Wildman–Crippen MR) is 93.8 cm³/mol. The van der Waals surface area contributed by atoms with E-state index in [1.165, 1.54) is 0 Å². The molecule has 1 aromatic heterocycles. The smallest absolute Gasteiger partial charge is 0.264 e. The molecule has 2 aromatic carbocycles. The maximum absolute atomic E-state index is 10.7. The normalized spacial score (nSPS) is 17.0. The third-order valence-corrected chi connectivity index (χ3v) is 5.05. The molecule has 0 bridgehead atoms. The molecule has 6 heteroatoms. The van der Waals surface area contributed by atoms with Crippen molar-refractivity contribution in [1.29, 1.82) is 0 Å². The Labute approximate surface area is 150 Å². The van der Waals surface area contributed by atoms with Crippen molar-refractivity contribution in [1.82, 2.24) is 0 Å². The molecule has 0 saturated carbocycles. The number of fused-ring (bicyclic) bond motifs is 5. The van der Waals surface area contributed by atoms with E-state index < -0.39 is 6.23 Å². The molecule has 0 radical (unpaired) electrons. The number of pyridine rings is 1. The van der Waals surface area contributed by atoms with E-state index in [1.54, 1.807) is 14.2 Å². The first kappa shape index (κ1) is 15.3. The molecule has 1 N–H and O–H groups in total. The van der Waals surface area contributed by atoms with Crippen LogP contribution in [0.5, 0.6) is 23.0 Å². The van der Waals surface area contributed by atoms with Crippen LogP contribution < -0.4 is 23.5 Å². The predicted octanol–water partition coefficient (Wildman–Crippen LogP) is 2.59. The number of hydrogen-bond donors (Lipinski definition) is 1. The molecular formula is C20H18NO5+. The van der Waals surface area contributed by atoms with E-state index >= 15 is 0 Å². The van der Waals surface area contributed by atoms with Crippen molar-refractivity contribution in [3.05, 3.63) is 42.1 Å². The summed E-state index contributed by atoms with van der Waals surface area (Å²) >= 11 is 0. The van der Waals surface area contributed by atoms with Crippen LogP contribution in [0.4, 0.5) is 0 Å². The maximum atomic E-state index is 10.7. The van der Waals surface area contributed by atoms with Gasteiger partial charge in [0.15, 0.2) is 29.2 Å². The monoisotopic (exact) mass is 352 g/mol. The van der Waals surface area contributed by atoms with Crippen molar-refractivity contribution in [2.45, 2.75) is 12.6 Å². The molecule has 1 atom stereocenters. The average Bonchev–Trinajstić information content (AvgIpc) is 3.12. The molecule has 0 fully saturated rings. The van der Waals surface area contributed by atoms with Crippen LogP contribution in [-0.4, -0.2) is 26.1 Å². The van der Waals surface area contributed by atoms with Crippen molar-refractivity contribution in [3.8, 4) is 34.3 Å². The van der Waals surface area contributed by atoms with Gasteiger partial charge in [0.1, 0.15) is 0 Å². The second-order valence-electron chi connectivity index (χ2n) is 6.42. The third kappa shape index (κ3) is 2.05. The lowest BCUT2D eigenvalue weighted by molar-refractivity contribution is -0.750. The third-order valence-electron chi connectivity index (χ3n) is 5.05. The summed E-state index contributed by atoms with van der Waals surface area (Å²) in [6.45, 7) is 0.232. The Morgan fingerprint density at radius 1 is 1.08 bits per heavy atom. The molecular weight excluding hydrogens is 334 g/mol. The average molecular weight is 352 g/mol. The number of nitrogens with zero attached hydrogens (tertiary/aromatic N) is 1. The summed E-state index contributed by atoms with van der Waals surface area (Å²) in [6, 6.07) is 9.88. The van der Waals surface area contributed by atoms with Gasteiger partial charge in [-0.3, -0.25) is 0 Å². The summed E-state index contributed by atoms with van der Waals surface area (Å²) in [5, 5.41) is 12.6. The Morgan fingerprint density at radius 3 is 2.65 bits per heavy atom. The minimum absolute atomic E-state index is 0.232. The van der Waals surface area contributed by atoms with E-state index in [0.29, 0.717) is 17.9 Å². The largest absolute Gasteiger partial charge is 0.493 e. The fraction of sp³-hybridized carbons (Fsp3) is 0.250. The number of ether oxygens (including phenoxy) is 4. The highest BCUT2D eigenvalue weighted by Crippen LogP contribution is 2.42. The van der Waals surface area contributed by atoms with Gasteiger partial charge in [-0.25, -0.2) is 0 Å². The SMILES string of the molecule is COc1ccc2cc3[n+](cc2c1OC)C(O)Cc1cc2c(cc1-3)OCO2. The highest BCUT2D eigenvalue weighted by atomic mass is 16.7. The summed E-state index contributed by atoms with van der Waals surface area (Å²) < 4.78 is 23.8. The summed E-state index contributed by atoms with van der Waals surface area (Å²) in [4.78, 5) is 0. The van der Waals surface area contributed by atoms with Gasteiger partial charge in [-0.15, -0.1) is 0 Å². The maximum Gasteiger partial charge on any atom is 0.264 e. The summed E-state index contributed by atoms with van der Waals surface area (Å²) in [6.07, 6.45) is 1.75. The minimum atomic E-state index is -0.668. The first-order chi connectivity index (χ1) is 12.7. The van der Waals surface area contributed by atoms with Crippen molar-refractivity contribution < 1.29 is 28.6 Å². The van der Waals surface area contributed by atoms with Crippen molar-refractivity contribution in [2.75, 3.05) is 21.0 Å². The van der Waals surface area contributed by atoms with Gasteiger partial charge in [-0.2, -0.15) is 4.57 Å². The van der Waals surface area contributed by atoms with E-state index in [0.717, 1.165) is 39.1 Å². The fourth-order valence-electron chi connectivity index (χ4n) is 3.81. The number of hydrogen-bond acceptors (Lipinski definition) is 5. The Balaban J connectivity index is 1.78. The van der Waals surface area contributed by atoms with Gasteiger partial charge in [0.2, 0.25) is 12.5 Å². The van der Waals surface area contributed by atoms with Crippen LogP contribution in [0.25, 0.3) is 22.0 Å². The number of rotatable bonds is 2. The van der Waals surface area contributed by atoms with E-state index in [2.05, 4.69) is 6.07 Å². The minimum Gasteiger partial charge on any atom is -0.493 e. The zero-order chi connectivity index (χ0) is 17.8. The van der Waals surface area contributed by atoms with Crippen molar-refractivity contribution in [3.63, 3.8) is 0 Å². The van der Waals surface area contributed by atoms with Crippen molar-refractivity contribution in [2.24, 2.45) is 0 Å². The van der Waals surface area contributed by atoms with Gasteiger partial charge in [-0.05, 0) is 35.2 Å². The Morgan fingerprint density at radius 2 is 1.88 bits per heavy atom.